The number of anilines is 1. The van der Waals surface area contributed by atoms with Gasteiger partial charge in [-0.15, -0.1) is 0 Å². The molecule has 0 amide bonds. The van der Waals surface area contributed by atoms with Gasteiger partial charge < -0.3 is 9.57 Å². The second-order valence-electron chi connectivity index (χ2n) is 7.66. The number of nitriles is 2. The van der Waals surface area contributed by atoms with Crippen molar-refractivity contribution in [3.63, 3.8) is 0 Å². The highest BCUT2D eigenvalue weighted by atomic mass is 32.2. The minimum atomic E-state index is -3.97. The predicted octanol–water partition coefficient (Wildman–Crippen LogP) is 3.17. The van der Waals surface area contributed by atoms with Gasteiger partial charge in [0.1, 0.15) is 12.3 Å². The van der Waals surface area contributed by atoms with Gasteiger partial charge >= 0.3 is 0 Å². The van der Waals surface area contributed by atoms with Crippen LogP contribution >= 0.6 is 0 Å². The van der Waals surface area contributed by atoms with Gasteiger partial charge in [-0.1, -0.05) is 29.4 Å². The summed E-state index contributed by atoms with van der Waals surface area (Å²) in [6.45, 7) is 0.261. The fourth-order valence-corrected chi connectivity index (χ4v) is 5.44. The van der Waals surface area contributed by atoms with E-state index < -0.39 is 15.5 Å². The van der Waals surface area contributed by atoms with Crippen molar-refractivity contribution < 1.29 is 18.0 Å². The predicted molar refractivity (Wildman–Crippen MR) is 123 cm³/mol. The maximum absolute atomic E-state index is 13.5. The Bertz CT molecular complexity index is 1490. The van der Waals surface area contributed by atoms with Crippen LogP contribution in [0.2, 0.25) is 0 Å². The lowest BCUT2D eigenvalue weighted by molar-refractivity contribution is 0.139. The van der Waals surface area contributed by atoms with Crippen molar-refractivity contribution in [3.8, 4) is 29.0 Å². The van der Waals surface area contributed by atoms with E-state index in [-0.39, 0.29) is 19.6 Å². The molecule has 10 heteroatoms. The Labute approximate surface area is 196 Å². The SMILES string of the molecule is N#Cc1ccc(-c2cncc3c2OCCN3S(=O)(=O)C2CC(c3cccc(C#N)c3)=NO2)cc1. The van der Waals surface area contributed by atoms with E-state index in [0.29, 0.717) is 39.4 Å². The van der Waals surface area contributed by atoms with Gasteiger partial charge in [0, 0.05) is 17.3 Å². The molecule has 3 heterocycles. The quantitative estimate of drug-likeness (QED) is 0.571. The first-order chi connectivity index (χ1) is 16.5. The average molecular weight is 471 g/mol. The van der Waals surface area contributed by atoms with Gasteiger partial charge in [0.2, 0.25) is 0 Å². The molecule has 0 bridgehead atoms. The molecule has 1 aromatic heterocycles. The average Bonchev–Trinajstić information content (AvgIpc) is 3.39. The molecule has 3 aromatic rings. The van der Waals surface area contributed by atoms with E-state index in [2.05, 4.69) is 22.3 Å². The number of hydrogen-bond acceptors (Lipinski definition) is 8. The fraction of sp³-hybridized carbons (Fsp3) is 0.167. The zero-order valence-electron chi connectivity index (χ0n) is 17.7. The summed E-state index contributed by atoms with van der Waals surface area (Å²) in [5.74, 6) is 0.399. The molecule has 2 aliphatic heterocycles. The van der Waals surface area contributed by atoms with Crippen LogP contribution in [-0.2, 0) is 14.9 Å². The number of fused-ring (bicyclic) bond motifs is 1. The molecule has 0 saturated carbocycles. The van der Waals surface area contributed by atoms with E-state index in [4.69, 9.17) is 20.1 Å². The number of rotatable bonds is 4. The van der Waals surface area contributed by atoms with Crippen LogP contribution in [0.3, 0.4) is 0 Å². The Morgan fingerprint density at radius 2 is 1.79 bits per heavy atom. The van der Waals surface area contributed by atoms with E-state index in [1.807, 2.05) is 0 Å². The van der Waals surface area contributed by atoms with Gasteiger partial charge in [-0.05, 0) is 29.8 Å². The topological polar surface area (TPSA) is 129 Å². The maximum Gasteiger partial charge on any atom is 0.276 e. The summed E-state index contributed by atoms with van der Waals surface area (Å²) in [6.07, 6.45) is 3.10. The van der Waals surface area contributed by atoms with Gasteiger partial charge in [-0.3, -0.25) is 9.29 Å². The molecule has 0 radical (unpaired) electrons. The summed E-state index contributed by atoms with van der Waals surface area (Å²) < 4.78 is 34.2. The van der Waals surface area contributed by atoms with E-state index in [9.17, 15) is 8.42 Å². The van der Waals surface area contributed by atoms with E-state index >= 15 is 0 Å². The summed E-state index contributed by atoms with van der Waals surface area (Å²) in [4.78, 5) is 9.59. The third-order valence-electron chi connectivity index (χ3n) is 5.62. The smallest absolute Gasteiger partial charge is 0.276 e. The lowest BCUT2D eigenvalue weighted by atomic mass is 10.0. The lowest BCUT2D eigenvalue weighted by Gasteiger charge is -2.32. The van der Waals surface area contributed by atoms with Crippen LogP contribution in [0.4, 0.5) is 5.69 Å². The molecular formula is C24H17N5O4S. The van der Waals surface area contributed by atoms with Crippen LogP contribution in [0.5, 0.6) is 5.75 Å². The minimum absolute atomic E-state index is 0.0483. The van der Waals surface area contributed by atoms with Crippen molar-refractivity contribution in [1.82, 2.24) is 4.98 Å². The molecule has 9 nitrogen and oxygen atoms in total. The molecule has 0 aliphatic carbocycles. The van der Waals surface area contributed by atoms with Gasteiger partial charge in [0.05, 0.1) is 48.1 Å². The van der Waals surface area contributed by atoms with Crippen molar-refractivity contribution in [2.45, 2.75) is 11.9 Å². The lowest BCUT2D eigenvalue weighted by Crippen LogP contribution is -2.43. The first kappa shape index (κ1) is 21.4. The molecule has 1 unspecified atom stereocenters. The summed E-state index contributed by atoms with van der Waals surface area (Å²) in [5.41, 5.74) is 2.56. The monoisotopic (exact) mass is 471 g/mol. The number of pyridine rings is 1. The number of oxime groups is 1. The maximum atomic E-state index is 13.5. The van der Waals surface area contributed by atoms with Crippen LogP contribution < -0.4 is 9.04 Å². The van der Waals surface area contributed by atoms with Crippen LogP contribution in [0.25, 0.3) is 11.1 Å². The molecule has 0 fully saturated rings. The molecule has 5 rings (SSSR count). The van der Waals surface area contributed by atoms with Crippen molar-refractivity contribution in [2.24, 2.45) is 5.16 Å². The molecule has 0 spiro atoms. The largest absolute Gasteiger partial charge is 0.489 e. The molecule has 0 N–H and O–H groups in total. The third-order valence-corrected chi connectivity index (χ3v) is 7.53. The van der Waals surface area contributed by atoms with Crippen LogP contribution in [0.1, 0.15) is 23.1 Å². The molecule has 0 saturated heterocycles. The highest BCUT2D eigenvalue weighted by Gasteiger charge is 2.41. The summed E-state index contributed by atoms with van der Waals surface area (Å²) in [6, 6.07) is 17.8. The van der Waals surface area contributed by atoms with Crippen molar-refractivity contribution in [1.29, 1.82) is 10.5 Å². The normalized spacial score (nSPS) is 16.9. The van der Waals surface area contributed by atoms with Crippen LogP contribution in [0.15, 0.2) is 66.1 Å². The first-order valence-electron chi connectivity index (χ1n) is 10.4. The molecule has 2 aromatic carbocycles. The second kappa shape index (κ2) is 8.50. The van der Waals surface area contributed by atoms with Gasteiger partial charge in [0.15, 0.2) is 5.75 Å². The molecular weight excluding hydrogens is 454 g/mol. The van der Waals surface area contributed by atoms with Crippen molar-refractivity contribution in [3.05, 3.63) is 77.6 Å². The molecule has 34 heavy (non-hydrogen) atoms. The van der Waals surface area contributed by atoms with Gasteiger partial charge in [0.25, 0.3) is 15.5 Å². The zero-order chi connectivity index (χ0) is 23.7. The van der Waals surface area contributed by atoms with E-state index in [1.54, 1.807) is 54.7 Å². The standard InChI is InChI=1S/C24H17N5O4S/c25-12-16-4-6-18(7-5-16)20-14-27-15-22-24(20)32-9-8-29(22)34(30,31)23-11-21(28-33-23)19-3-1-2-17(10-19)13-26/h1-7,10,14-15,23H,8-9,11H2. The summed E-state index contributed by atoms with van der Waals surface area (Å²) in [7, 11) is -3.97. The highest BCUT2D eigenvalue weighted by Crippen LogP contribution is 2.42. The number of hydrogen-bond donors (Lipinski definition) is 0. The number of benzene rings is 2. The molecule has 1 atom stereocenters. The number of ether oxygens (including phenoxy) is 1. The van der Waals surface area contributed by atoms with E-state index in [1.165, 1.54) is 10.5 Å². The van der Waals surface area contributed by atoms with E-state index in [0.717, 1.165) is 5.56 Å². The molecule has 2 aliphatic rings. The summed E-state index contributed by atoms with van der Waals surface area (Å²) in [5, 5.41) is 22.2. The van der Waals surface area contributed by atoms with Gasteiger partial charge in [-0.2, -0.15) is 10.5 Å². The molecule has 168 valence electrons. The van der Waals surface area contributed by atoms with Crippen molar-refractivity contribution >= 4 is 21.4 Å². The van der Waals surface area contributed by atoms with Crippen LogP contribution in [0, 0.1) is 22.7 Å². The number of sulfonamides is 1. The number of aromatic nitrogens is 1. The highest BCUT2D eigenvalue weighted by molar-refractivity contribution is 7.93. The Morgan fingerprint density at radius 1 is 1.00 bits per heavy atom. The summed E-state index contributed by atoms with van der Waals surface area (Å²) >= 11 is 0. The Kier molecular flexibility index (Phi) is 5.36. The first-order valence-corrected chi connectivity index (χ1v) is 11.9. The number of nitrogens with zero attached hydrogens (tertiary/aromatic N) is 5. The fourth-order valence-electron chi connectivity index (χ4n) is 3.91. The third kappa shape index (κ3) is 3.70. The van der Waals surface area contributed by atoms with Crippen LogP contribution in [-0.4, -0.2) is 37.7 Å². The zero-order valence-corrected chi connectivity index (χ0v) is 18.6. The van der Waals surface area contributed by atoms with Gasteiger partial charge in [-0.25, -0.2) is 8.42 Å². The Balaban J connectivity index is 1.44. The Morgan fingerprint density at radius 3 is 2.56 bits per heavy atom. The minimum Gasteiger partial charge on any atom is -0.489 e. The second-order valence-corrected chi connectivity index (χ2v) is 9.66. The van der Waals surface area contributed by atoms with Crippen molar-refractivity contribution in [2.75, 3.05) is 17.5 Å². The Hall–Kier alpha value is -4.41.